The van der Waals surface area contributed by atoms with Crippen molar-refractivity contribution in [2.45, 2.75) is 0 Å². The number of aromatic nitrogens is 12. The number of non-ortho nitro benzene ring substituents is 4. The molecule has 4 heterocycles. The molecular formula is C59H53Cl4N23NaO16P. The van der Waals surface area contributed by atoms with Crippen molar-refractivity contribution in [2.75, 3.05) is 69.1 Å². The molecular weight excluding hydrogens is 1480 g/mol. The minimum Gasteiger partial charge on any atom is -0.497 e. The van der Waals surface area contributed by atoms with Crippen molar-refractivity contribution in [3.8, 4) is 17.2 Å². The number of nitro benzene ring substituents is 4. The third-order valence-electron chi connectivity index (χ3n) is 13.2. The Labute approximate surface area is 626 Å². The number of ether oxygens (including phenoxy) is 3. The molecule has 0 saturated carbocycles. The van der Waals surface area contributed by atoms with Crippen LogP contribution in [0.1, 0.15) is 10.4 Å². The second kappa shape index (κ2) is 41.0. The number of anilines is 7. The molecule has 1 amide bonds. The number of nitrogens with one attached hydrogen (secondary N) is 2. The SMILES string of the molecule is CNc1ccc(OC)cc1.COc1ccc(N(C)c2nnnc3ccc(N)cc23)cc1.COc1ccc(N(C)c2nnnc3ccc([N+](=O)[O-])cc23)cc1.NC(=O)c1cc([N+](=O)[O-])ccc1N.O=N[O-].O=P(Cl)(Cl)Cl.O=[N+]([O-])c1ccc2nnnc(Cl)c2c1.O=c1[nH]nnc2ccc([N+](=O)[O-])cc12.[Na+]. The van der Waals surface area contributed by atoms with Crippen molar-refractivity contribution < 1.29 is 72.8 Å². The van der Waals surface area contributed by atoms with Gasteiger partial charge < -0.3 is 56.6 Å². The number of nitro groups is 4. The Hall–Kier alpha value is -12.1. The van der Waals surface area contributed by atoms with Gasteiger partial charge in [-0.25, -0.2) is 5.10 Å². The number of methoxy groups -OCH3 is 3. The molecule has 0 aliphatic rings. The molecule has 12 aromatic rings. The number of benzene rings is 8. The predicted molar refractivity (Wildman–Crippen MR) is 387 cm³/mol. The number of nitrogen functional groups attached to an aromatic ring is 2. The van der Waals surface area contributed by atoms with E-state index in [1.54, 1.807) is 38.4 Å². The van der Waals surface area contributed by atoms with Crippen LogP contribution in [0.4, 0.5) is 62.8 Å². The summed E-state index contributed by atoms with van der Waals surface area (Å²) in [6, 6.07) is 44.3. The summed E-state index contributed by atoms with van der Waals surface area (Å²) in [5.41, 5.74) is 21.1. The fourth-order valence-corrected chi connectivity index (χ4v) is 8.37. The maximum atomic E-state index is 11.2. The second-order valence-electron chi connectivity index (χ2n) is 19.5. The van der Waals surface area contributed by atoms with Crippen LogP contribution in [0.25, 0.3) is 43.6 Å². The summed E-state index contributed by atoms with van der Waals surface area (Å²) in [6.07, 6.45) is 0. The topological polar surface area (TPSA) is 558 Å². The largest absolute Gasteiger partial charge is 1.00 e. The Bertz CT molecular complexity index is 5040. The molecule has 0 fully saturated rings. The normalized spacial score (nSPS) is 9.98. The molecule has 39 nitrogen and oxygen atoms in total. The first-order valence-corrected chi connectivity index (χ1v) is 32.9. The summed E-state index contributed by atoms with van der Waals surface area (Å²) in [5, 5.41) is 96.3. The molecule has 0 aliphatic carbocycles. The van der Waals surface area contributed by atoms with Crippen LogP contribution in [0, 0.1) is 50.6 Å². The molecule has 0 saturated heterocycles. The molecule has 0 aliphatic heterocycles. The van der Waals surface area contributed by atoms with Crippen molar-refractivity contribution in [2.24, 2.45) is 11.1 Å². The minimum atomic E-state index is -3.22. The number of amides is 1. The molecule has 0 atom stereocenters. The predicted octanol–water partition coefficient (Wildman–Crippen LogP) is 8.98. The second-order valence-corrected chi connectivity index (χ2v) is 26.5. The summed E-state index contributed by atoms with van der Waals surface area (Å²) in [6.45, 7) is 0. The van der Waals surface area contributed by atoms with Crippen molar-refractivity contribution >= 4 is 163 Å². The van der Waals surface area contributed by atoms with Crippen LogP contribution in [-0.4, -0.2) is 130 Å². The van der Waals surface area contributed by atoms with Gasteiger partial charge in [0.2, 0.25) is 0 Å². The summed E-state index contributed by atoms with van der Waals surface area (Å²) in [7, 11) is 10.5. The maximum Gasteiger partial charge on any atom is 1.00 e. The molecule has 8 N–H and O–H groups in total. The van der Waals surface area contributed by atoms with Crippen LogP contribution >= 0.6 is 50.5 Å². The van der Waals surface area contributed by atoms with E-state index in [0.29, 0.717) is 44.6 Å². The molecule has 104 heavy (non-hydrogen) atoms. The van der Waals surface area contributed by atoms with Crippen LogP contribution in [0.3, 0.4) is 0 Å². The number of hydrogen-bond acceptors (Lipinski definition) is 33. The van der Waals surface area contributed by atoms with Gasteiger partial charge in [-0.05, 0) is 165 Å². The van der Waals surface area contributed by atoms with Gasteiger partial charge in [0.05, 0.1) is 73.9 Å². The van der Waals surface area contributed by atoms with Gasteiger partial charge in [-0.2, -0.15) is 0 Å². The van der Waals surface area contributed by atoms with E-state index in [-0.39, 0.29) is 74.1 Å². The van der Waals surface area contributed by atoms with E-state index >= 15 is 0 Å². The van der Waals surface area contributed by atoms with Gasteiger partial charge in [0.25, 0.3) is 34.2 Å². The molecule has 0 spiro atoms. The standard InChI is InChI=1S/C15H13N5O3.C15H15N5O.C8H11NO.C7H3ClN4O2.C7H4N4O3.C7H7N3O3.Cl3OP.HNO2.Na/c1-19(10-3-6-12(23-2)7-4-10)15-13-9-11(20(21)22)5-8-14(13)16-18-17-15;1-20(11-4-6-12(21-2)7-5-11)15-13-9-10(16)3-8-14(13)17-19-18-15;1-9-7-3-5-8(10-2)6-4-7;8-7-5-3-4(12(13)14)1-2-6(5)9-11-10-7;12-7-5-3-4(11(13)14)1-2-6(5)8-10-9-7;8-6-2-1-4(10(12)13)3-5(6)7(9)11;1-5(2,3)4;2-1-3;/h3-9H,1-2H3;3-9H,16H2,1-2H3;3-6,9H,1-2H3;1-3H;1-3H,(H,8,9,12);1-3H,8H2,(H2,9,11);;(H,2,3);/q;;;;;;;;+1/p-1. The van der Waals surface area contributed by atoms with E-state index < -0.39 is 36.4 Å². The number of carbonyl (C=O) groups excluding carboxylic acids is 1. The Morgan fingerprint density at radius 2 is 0.885 bits per heavy atom. The Balaban J connectivity index is 0.000000263. The van der Waals surface area contributed by atoms with E-state index in [2.05, 4.69) is 101 Å². The molecule has 0 radical (unpaired) electrons. The van der Waals surface area contributed by atoms with E-state index in [9.17, 15) is 54.6 Å². The van der Waals surface area contributed by atoms with Crippen LogP contribution in [0.2, 0.25) is 5.15 Å². The molecule has 0 bridgehead atoms. The van der Waals surface area contributed by atoms with Crippen LogP contribution in [0.5, 0.6) is 17.2 Å². The third-order valence-corrected chi connectivity index (χ3v) is 13.4. The van der Waals surface area contributed by atoms with Gasteiger partial charge in [0.15, 0.2) is 16.8 Å². The Morgan fingerprint density at radius 3 is 1.29 bits per heavy atom. The third kappa shape index (κ3) is 25.5. The minimum absolute atomic E-state index is 0. The van der Waals surface area contributed by atoms with Gasteiger partial charge >= 0.3 is 34.8 Å². The van der Waals surface area contributed by atoms with Gasteiger partial charge in [-0.15, -0.1) is 41.0 Å². The molecule has 534 valence electrons. The zero-order valence-corrected chi connectivity index (χ0v) is 60.8. The molecule has 0 unspecified atom stereocenters. The molecule has 4 aromatic heterocycles. The zero-order valence-electron chi connectivity index (χ0n) is 54.9. The van der Waals surface area contributed by atoms with Crippen molar-refractivity contribution in [1.82, 2.24) is 61.6 Å². The number of hydrogen-bond donors (Lipinski definition) is 5. The summed E-state index contributed by atoms with van der Waals surface area (Å²) in [4.78, 5) is 73.6. The number of nitrogens with two attached hydrogens (primary N) is 3. The fraction of sp³-hybridized carbons (Fsp3) is 0.102. The molecule has 8 aromatic carbocycles. The number of aromatic amines is 1. The average molecular weight is 1540 g/mol. The number of rotatable bonds is 13. The van der Waals surface area contributed by atoms with Gasteiger partial charge in [0, 0.05) is 109 Å². The number of H-pyrrole nitrogens is 1. The first-order valence-electron chi connectivity index (χ1n) is 28.1. The van der Waals surface area contributed by atoms with Gasteiger partial charge in [-0.3, -0.25) is 54.6 Å². The number of halogens is 4. The van der Waals surface area contributed by atoms with E-state index in [0.717, 1.165) is 56.6 Å². The van der Waals surface area contributed by atoms with Crippen molar-refractivity contribution in [1.29, 1.82) is 0 Å². The number of nitrogens with zero attached hydrogens (tertiary/aromatic N) is 18. The number of carbonyl (C=O) groups is 1. The number of primary amides is 1. The van der Waals surface area contributed by atoms with Crippen molar-refractivity contribution in [3.05, 3.63) is 235 Å². The average Bonchev–Trinajstić information content (AvgIpc) is 0.805. The zero-order chi connectivity index (χ0) is 76.1. The molecule has 12 rings (SSSR count). The van der Waals surface area contributed by atoms with Crippen molar-refractivity contribution in [3.63, 3.8) is 0 Å². The quantitative estimate of drug-likeness (QED) is 0.0179. The molecule has 45 heteroatoms. The first-order chi connectivity index (χ1) is 48.9. The number of fused-ring (bicyclic) bond motifs is 4. The van der Waals surface area contributed by atoms with Crippen LogP contribution in [-0.2, 0) is 4.57 Å². The smallest absolute Gasteiger partial charge is 0.497 e. The summed E-state index contributed by atoms with van der Waals surface area (Å²) >= 11 is 19.5. The summed E-state index contributed by atoms with van der Waals surface area (Å²) in [5.74, 6) is 2.85. The fourth-order valence-electron chi connectivity index (χ4n) is 8.18. The van der Waals surface area contributed by atoms with Gasteiger partial charge in [-0.1, -0.05) is 16.8 Å². The Kier molecular flexibility index (Phi) is 33.2. The van der Waals surface area contributed by atoms with Gasteiger partial charge in [0.1, 0.15) is 22.8 Å². The van der Waals surface area contributed by atoms with Crippen LogP contribution in [0.15, 0.2) is 174 Å². The Morgan fingerprint density at radius 1 is 0.538 bits per heavy atom. The maximum absolute atomic E-state index is 11.2. The monoisotopic (exact) mass is 1530 g/mol. The first kappa shape index (κ1) is 84.3. The van der Waals surface area contributed by atoms with E-state index in [4.69, 9.17) is 53.1 Å². The van der Waals surface area contributed by atoms with E-state index in [1.165, 1.54) is 60.7 Å². The summed E-state index contributed by atoms with van der Waals surface area (Å²) < 4.78 is 24.8. The van der Waals surface area contributed by atoms with E-state index in [1.807, 2.05) is 111 Å². The van der Waals surface area contributed by atoms with Crippen LogP contribution < -0.4 is 81.6 Å².